The topological polar surface area (TPSA) is 66.2 Å². The average molecular weight is 369 g/mol. The Balaban J connectivity index is 1.60. The third kappa shape index (κ3) is 4.23. The number of aromatic nitrogens is 3. The van der Waals surface area contributed by atoms with Crippen LogP contribution in [-0.2, 0) is 0 Å². The maximum Gasteiger partial charge on any atom is 0.195 e. The number of carbonyl (C=O) groups is 1. The zero-order valence-corrected chi connectivity index (χ0v) is 15.4. The number of hydrogen-bond donors (Lipinski definition) is 0. The van der Waals surface area contributed by atoms with Crippen LogP contribution in [-0.4, -0.2) is 40.0 Å². The molecule has 0 bridgehead atoms. The third-order valence-electron chi connectivity index (χ3n) is 3.71. The first-order valence-corrected chi connectivity index (χ1v) is 9.07. The molecule has 0 saturated heterocycles. The number of rotatable bonds is 8. The van der Waals surface area contributed by atoms with Gasteiger partial charge in [0, 0.05) is 11.4 Å². The van der Waals surface area contributed by atoms with Gasteiger partial charge < -0.3 is 9.47 Å². The molecule has 3 rings (SSSR count). The fourth-order valence-electron chi connectivity index (χ4n) is 2.41. The largest absolute Gasteiger partial charge is 0.497 e. The number of ether oxygens (including phenoxy) is 2. The Morgan fingerprint density at radius 1 is 1.15 bits per heavy atom. The van der Waals surface area contributed by atoms with Gasteiger partial charge in [0.15, 0.2) is 10.9 Å². The molecule has 0 fully saturated rings. The molecule has 0 aliphatic heterocycles. The van der Waals surface area contributed by atoms with Crippen molar-refractivity contribution in [2.24, 2.45) is 0 Å². The van der Waals surface area contributed by atoms with E-state index in [1.807, 2.05) is 41.0 Å². The molecular formula is C19H19N3O3S. The van der Waals surface area contributed by atoms with E-state index in [2.05, 4.69) is 10.2 Å². The first-order chi connectivity index (χ1) is 12.7. The Morgan fingerprint density at radius 3 is 2.65 bits per heavy atom. The van der Waals surface area contributed by atoms with Crippen LogP contribution in [0, 0.1) is 0 Å². The second kappa shape index (κ2) is 8.53. The second-order valence-electron chi connectivity index (χ2n) is 5.43. The summed E-state index contributed by atoms with van der Waals surface area (Å²) in [5, 5.41) is 8.93. The van der Waals surface area contributed by atoms with Crippen molar-refractivity contribution in [3.8, 4) is 17.2 Å². The third-order valence-corrected chi connectivity index (χ3v) is 4.61. The molecule has 0 atom stereocenters. The normalized spacial score (nSPS) is 10.5. The number of thioether (sulfide) groups is 1. The van der Waals surface area contributed by atoms with E-state index in [-0.39, 0.29) is 5.78 Å². The molecule has 3 aromatic rings. The smallest absolute Gasteiger partial charge is 0.195 e. The molecule has 134 valence electrons. The fourth-order valence-corrected chi connectivity index (χ4v) is 3.16. The van der Waals surface area contributed by atoms with E-state index in [1.165, 1.54) is 6.92 Å². The van der Waals surface area contributed by atoms with Crippen LogP contribution in [0.2, 0.25) is 0 Å². The van der Waals surface area contributed by atoms with Gasteiger partial charge in [0.05, 0.1) is 19.3 Å². The molecule has 0 spiro atoms. The first kappa shape index (κ1) is 18.0. The van der Waals surface area contributed by atoms with E-state index in [0.29, 0.717) is 23.7 Å². The molecule has 0 saturated carbocycles. The maximum absolute atomic E-state index is 11.6. The Hall–Kier alpha value is -2.80. The lowest BCUT2D eigenvalue weighted by Gasteiger charge is -2.10. The van der Waals surface area contributed by atoms with E-state index in [9.17, 15) is 4.79 Å². The number of Topliss-reactive ketones (excluding diaryl/α,β-unsaturated/α-hetero) is 1. The van der Waals surface area contributed by atoms with Crippen LogP contribution < -0.4 is 9.47 Å². The summed E-state index contributed by atoms with van der Waals surface area (Å²) in [6.07, 6.45) is 1.68. The van der Waals surface area contributed by atoms with Crippen molar-refractivity contribution < 1.29 is 14.3 Å². The number of methoxy groups -OCH3 is 1. The van der Waals surface area contributed by atoms with Crippen molar-refractivity contribution in [2.45, 2.75) is 12.1 Å². The fraction of sp³-hybridized carbons (Fsp3) is 0.211. The summed E-state index contributed by atoms with van der Waals surface area (Å²) in [4.78, 5) is 11.6. The standard InChI is InChI=1S/C19H19N3O3S/c1-14(23)17-5-3-4-6-18(17)25-11-12-26-19-21-20-13-22(19)15-7-9-16(24-2)10-8-15/h3-10,13H,11-12H2,1-2H3. The van der Waals surface area contributed by atoms with Crippen molar-refractivity contribution in [2.75, 3.05) is 19.5 Å². The monoisotopic (exact) mass is 369 g/mol. The average Bonchev–Trinajstić information content (AvgIpc) is 3.14. The van der Waals surface area contributed by atoms with Crippen molar-refractivity contribution in [3.05, 3.63) is 60.4 Å². The van der Waals surface area contributed by atoms with Gasteiger partial charge in [-0.25, -0.2) is 0 Å². The number of nitrogens with zero attached hydrogens (tertiary/aromatic N) is 3. The minimum absolute atomic E-state index is 0.00694. The highest BCUT2D eigenvalue weighted by Crippen LogP contribution is 2.22. The molecule has 6 nitrogen and oxygen atoms in total. The molecule has 1 heterocycles. The van der Waals surface area contributed by atoms with Gasteiger partial charge >= 0.3 is 0 Å². The molecule has 0 radical (unpaired) electrons. The highest BCUT2D eigenvalue weighted by atomic mass is 32.2. The summed E-state index contributed by atoms with van der Waals surface area (Å²) in [5.41, 5.74) is 1.56. The van der Waals surface area contributed by atoms with Gasteiger partial charge in [-0.15, -0.1) is 10.2 Å². The predicted molar refractivity (Wildman–Crippen MR) is 101 cm³/mol. The van der Waals surface area contributed by atoms with E-state index in [4.69, 9.17) is 9.47 Å². The van der Waals surface area contributed by atoms with Crippen LogP contribution in [0.4, 0.5) is 0 Å². The van der Waals surface area contributed by atoms with Crippen LogP contribution in [0.25, 0.3) is 5.69 Å². The van der Waals surface area contributed by atoms with Gasteiger partial charge in [-0.3, -0.25) is 9.36 Å². The highest BCUT2D eigenvalue weighted by molar-refractivity contribution is 7.99. The van der Waals surface area contributed by atoms with Gasteiger partial charge in [-0.2, -0.15) is 0 Å². The summed E-state index contributed by atoms with van der Waals surface area (Å²) in [7, 11) is 1.64. The molecule has 2 aromatic carbocycles. The Labute approximate surface area is 156 Å². The van der Waals surface area contributed by atoms with Crippen LogP contribution in [0.3, 0.4) is 0 Å². The van der Waals surface area contributed by atoms with Crippen molar-refractivity contribution in [1.29, 1.82) is 0 Å². The molecule has 0 N–H and O–H groups in total. The molecule has 0 unspecified atom stereocenters. The van der Waals surface area contributed by atoms with E-state index < -0.39 is 0 Å². The Bertz CT molecular complexity index is 878. The van der Waals surface area contributed by atoms with Crippen molar-refractivity contribution in [1.82, 2.24) is 14.8 Å². The predicted octanol–water partition coefficient (Wildman–Crippen LogP) is 3.65. The first-order valence-electron chi connectivity index (χ1n) is 8.09. The second-order valence-corrected chi connectivity index (χ2v) is 6.49. The van der Waals surface area contributed by atoms with Crippen molar-refractivity contribution >= 4 is 17.5 Å². The molecule has 0 aliphatic carbocycles. The molecular weight excluding hydrogens is 350 g/mol. The van der Waals surface area contributed by atoms with Gasteiger partial charge in [0.1, 0.15) is 17.8 Å². The lowest BCUT2D eigenvalue weighted by molar-refractivity contribution is 0.101. The summed E-state index contributed by atoms with van der Waals surface area (Å²) >= 11 is 1.54. The zero-order chi connectivity index (χ0) is 18.4. The highest BCUT2D eigenvalue weighted by Gasteiger charge is 2.09. The minimum Gasteiger partial charge on any atom is -0.497 e. The number of carbonyl (C=O) groups excluding carboxylic acids is 1. The number of ketones is 1. The molecule has 26 heavy (non-hydrogen) atoms. The Kier molecular flexibility index (Phi) is 5.91. The number of para-hydroxylation sites is 1. The van der Waals surface area contributed by atoms with Crippen LogP contribution >= 0.6 is 11.8 Å². The van der Waals surface area contributed by atoms with Gasteiger partial charge in [0.25, 0.3) is 0 Å². The maximum atomic E-state index is 11.6. The quantitative estimate of drug-likeness (QED) is 0.343. The van der Waals surface area contributed by atoms with Gasteiger partial charge in [-0.05, 0) is 43.3 Å². The number of hydrogen-bond acceptors (Lipinski definition) is 6. The van der Waals surface area contributed by atoms with Gasteiger partial charge in [-0.1, -0.05) is 23.9 Å². The molecule has 0 aliphatic rings. The minimum atomic E-state index is -0.00694. The molecule has 7 heteroatoms. The summed E-state index contributed by atoms with van der Waals surface area (Å²) in [5.74, 6) is 2.08. The Morgan fingerprint density at radius 2 is 1.92 bits per heavy atom. The molecule has 0 amide bonds. The van der Waals surface area contributed by atoms with Crippen LogP contribution in [0.1, 0.15) is 17.3 Å². The van der Waals surface area contributed by atoms with Gasteiger partial charge in [0.2, 0.25) is 0 Å². The zero-order valence-electron chi connectivity index (χ0n) is 14.6. The van der Waals surface area contributed by atoms with Crippen LogP contribution in [0.15, 0.2) is 60.0 Å². The van der Waals surface area contributed by atoms with E-state index in [0.717, 1.165) is 16.6 Å². The molecule has 1 aromatic heterocycles. The number of benzene rings is 2. The summed E-state index contributed by atoms with van der Waals surface area (Å²) < 4.78 is 12.8. The van der Waals surface area contributed by atoms with Crippen molar-refractivity contribution in [3.63, 3.8) is 0 Å². The van der Waals surface area contributed by atoms with E-state index in [1.54, 1.807) is 37.3 Å². The summed E-state index contributed by atoms with van der Waals surface area (Å²) in [6.45, 7) is 2.00. The van der Waals surface area contributed by atoms with Crippen LogP contribution in [0.5, 0.6) is 11.5 Å². The van der Waals surface area contributed by atoms with E-state index >= 15 is 0 Å². The SMILES string of the molecule is COc1ccc(-n2cnnc2SCCOc2ccccc2C(C)=O)cc1. The summed E-state index contributed by atoms with van der Waals surface area (Å²) in [6, 6.07) is 15.0. The lowest BCUT2D eigenvalue weighted by atomic mass is 10.1. The lowest BCUT2D eigenvalue weighted by Crippen LogP contribution is -2.05.